The third kappa shape index (κ3) is 2.21. The van der Waals surface area contributed by atoms with E-state index in [4.69, 9.17) is 33.5 Å². The van der Waals surface area contributed by atoms with Crippen LogP contribution in [0.15, 0.2) is 41.4 Å². The van der Waals surface area contributed by atoms with Crippen molar-refractivity contribution in [2.24, 2.45) is 0 Å². The predicted octanol–water partition coefficient (Wildman–Crippen LogP) is 3.69. The SMILES string of the molecule is Nc1noc(-c2cncnc2)c1-c1ccc(Cl)cc1Cl. The fourth-order valence-electron chi connectivity index (χ4n) is 1.87. The van der Waals surface area contributed by atoms with Crippen LogP contribution in [0.2, 0.25) is 10.0 Å². The van der Waals surface area contributed by atoms with Crippen molar-refractivity contribution in [1.29, 1.82) is 0 Å². The first-order chi connectivity index (χ1) is 9.66. The van der Waals surface area contributed by atoms with Gasteiger partial charge in [0.1, 0.15) is 6.33 Å². The van der Waals surface area contributed by atoms with E-state index >= 15 is 0 Å². The first kappa shape index (κ1) is 12.9. The van der Waals surface area contributed by atoms with Crippen molar-refractivity contribution < 1.29 is 4.52 Å². The molecule has 0 amide bonds. The van der Waals surface area contributed by atoms with E-state index in [1.54, 1.807) is 30.6 Å². The quantitative estimate of drug-likeness (QED) is 0.781. The van der Waals surface area contributed by atoms with Gasteiger partial charge >= 0.3 is 0 Å². The number of nitrogen functional groups attached to an aromatic ring is 1. The van der Waals surface area contributed by atoms with Crippen LogP contribution in [-0.4, -0.2) is 15.1 Å². The second-order valence-corrected chi connectivity index (χ2v) is 4.87. The number of hydrogen-bond donors (Lipinski definition) is 1. The predicted molar refractivity (Wildman–Crippen MR) is 77.4 cm³/mol. The average molecular weight is 307 g/mol. The van der Waals surface area contributed by atoms with E-state index in [-0.39, 0.29) is 5.82 Å². The Bertz CT molecular complexity index is 758. The Morgan fingerprint density at radius 2 is 1.85 bits per heavy atom. The van der Waals surface area contributed by atoms with Gasteiger partial charge < -0.3 is 10.3 Å². The number of nitrogens with two attached hydrogens (primary N) is 1. The largest absolute Gasteiger partial charge is 0.380 e. The maximum absolute atomic E-state index is 6.21. The molecular weight excluding hydrogens is 299 g/mol. The van der Waals surface area contributed by atoms with E-state index < -0.39 is 0 Å². The normalized spacial score (nSPS) is 10.7. The summed E-state index contributed by atoms with van der Waals surface area (Å²) in [6.07, 6.45) is 4.65. The van der Waals surface area contributed by atoms with Crippen LogP contribution in [0.5, 0.6) is 0 Å². The molecule has 2 aromatic heterocycles. The van der Waals surface area contributed by atoms with Gasteiger partial charge in [-0.15, -0.1) is 0 Å². The van der Waals surface area contributed by atoms with Gasteiger partial charge in [-0.25, -0.2) is 9.97 Å². The molecule has 0 saturated carbocycles. The lowest BCUT2D eigenvalue weighted by molar-refractivity contribution is 0.436. The van der Waals surface area contributed by atoms with Gasteiger partial charge in [0.2, 0.25) is 0 Å². The summed E-state index contributed by atoms with van der Waals surface area (Å²) < 4.78 is 5.27. The van der Waals surface area contributed by atoms with Gasteiger partial charge in [0.25, 0.3) is 0 Å². The monoisotopic (exact) mass is 306 g/mol. The highest BCUT2D eigenvalue weighted by molar-refractivity contribution is 6.36. The Balaban J connectivity index is 2.22. The zero-order valence-electron chi connectivity index (χ0n) is 10.0. The van der Waals surface area contributed by atoms with E-state index in [2.05, 4.69) is 15.1 Å². The van der Waals surface area contributed by atoms with E-state index in [0.717, 1.165) is 0 Å². The van der Waals surface area contributed by atoms with Crippen LogP contribution < -0.4 is 5.73 Å². The zero-order valence-corrected chi connectivity index (χ0v) is 11.6. The Labute approximate surface area is 124 Å². The molecule has 0 fully saturated rings. The minimum absolute atomic E-state index is 0.244. The second-order valence-electron chi connectivity index (χ2n) is 4.02. The van der Waals surface area contributed by atoms with Gasteiger partial charge in [0.05, 0.1) is 16.1 Å². The Morgan fingerprint density at radius 3 is 2.55 bits per heavy atom. The first-order valence-electron chi connectivity index (χ1n) is 5.63. The fourth-order valence-corrected chi connectivity index (χ4v) is 2.37. The highest BCUT2D eigenvalue weighted by atomic mass is 35.5. The smallest absolute Gasteiger partial charge is 0.180 e. The summed E-state index contributed by atoms with van der Waals surface area (Å²) in [5, 5.41) is 4.79. The number of halogens is 2. The third-order valence-corrected chi connectivity index (χ3v) is 3.29. The van der Waals surface area contributed by atoms with Crippen molar-refractivity contribution in [2.45, 2.75) is 0 Å². The first-order valence-corrected chi connectivity index (χ1v) is 6.38. The summed E-state index contributed by atoms with van der Waals surface area (Å²) in [5.74, 6) is 0.709. The van der Waals surface area contributed by atoms with Crippen LogP contribution >= 0.6 is 23.2 Å². The maximum atomic E-state index is 6.21. The summed E-state index contributed by atoms with van der Waals surface area (Å²) in [5.41, 5.74) is 7.83. The molecule has 0 spiro atoms. The third-order valence-electron chi connectivity index (χ3n) is 2.74. The molecule has 5 nitrogen and oxygen atoms in total. The summed E-state index contributed by atoms with van der Waals surface area (Å²) in [7, 11) is 0. The molecule has 100 valence electrons. The van der Waals surface area contributed by atoms with Gasteiger partial charge in [0.15, 0.2) is 11.6 Å². The lowest BCUT2D eigenvalue weighted by Gasteiger charge is -2.05. The Kier molecular flexibility index (Phi) is 3.30. The summed E-state index contributed by atoms with van der Waals surface area (Å²) in [6, 6.07) is 5.12. The molecule has 2 N–H and O–H groups in total. The van der Waals surface area contributed by atoms with Crippen molar-refractivity contribution in [3.05, 3.63) is 47.0 Å². The van der Waals surface area contributed by atoms with Crippen molar-refractivity contribution in [1.82, 2.24) is 15.1 Å². The molecular formula is C13H8Cl2N4O. The van der Waals surface area contributed by atoms with Crippen molar-refractivity contribution >= 4 is 29.0 Å². The lowest BCUT2D eigenvalue weighted by Crippen LogP contribution is -1.90. The van der Waals surface area contributed by atoms with Crippen LogP contribution in [0.4, 0.5) is 5.82 Å². The summed E-state index contributed by atoms with van der Waals surface area (Å²) >= 11 is 12.1. The van der Waals surface area contributed by atoms with Gasteiger partial charge in [-0.05, 0) is 12.1 Å². The van der Waals surface area contributed by atoms with Crippen molar-refractivity contribution in [2.75, 3.05) is 5.73 Å². The average Bonchev–Trinajstić information content (AvgIpc) is 2.82. The molecule has 20 heavy (non-hydrogen) atoms. The highest BCUT2D eigenvalue weighted by Crippen LogP contribution is 2.40. The molecule has 0 aliphatic rings. The molecule has 0 unspecified atom stereocenters. The van der Waals surface area contributed by atoms with Crippen molar-refractivity contribution in [3.63, 3.8) is 0 Å². The molecule has 2 heterocycles. The number of benzene rings is 1. The van der Waals surface area contributed by atoms with E-state index in [1.807, 2.05) is 0 Å². The minimum atomic E-state index is 0.244. The number of nitrogens with zero attached hydrogens (tertiary/aromatic N) is 3. The molecule has 1 aromatic carbocycles. The topological polar surface area (TPSA) is 77.8 Å². The van der Waals surface area contributed by atoms with E-state index in [9.17, 15) is 0 Å². The highest BCUT2D eigenvalue weighted by Gasteiger charge is 2.20. The van der Waals surface area contributed by atoms with Gasteiger partial charge in [-0.3, -0.25) is 0 Å². The molecule has 0 saturated heterocycles. The van der Waals surface area contributed by atoms with Gasteiger partial charge in [-0.1, -0.05) is 34.4 Å². The van der Waals surface area contributed by atoms with Gasteiger partial charge in [0, 0.05) is 23.0 Å². The van der Waals surface area contributed by atoms with Crippen LogP contribution in [0.3, 0.4) is 0 Å². The number of rotatable bonds is 2. The molecule has 0 atom stereocenters. The lowest BCUT2D eigenvalue weighted by atomic mass is 10.0. The minimum Gasteiger partial charge on any atom is -0.380 e. The summed E-state index contributed by atoms with van der Waals surface area (Å²) in [4.78, 5) is 7.90. The van der Waals surface area contributed by atoms with Crippen molar-refractivity contribution in [3.8, 4) is 22.5 Å². The fraction of sp³-hybridized carbons (Fsp3) is 0. The van der Waals surface area contributed by atoms with Crippen LogP contribution in [0.1, 0.15) is 0 Å². The molecule has 0 aliphatic carbocycles. The number of hydrogen-bond acceptors (Lipinski definition) is 5. The molecule has 3 aromatic rings. The Morgan fingerprint density at radius 1 is 1.10 bits per heavy atom. The van der Waals surface area contributed by atoms with E-state index in [1.165, 1.54) is 6.33 Å². The molecule has 7 heteroatoms. The van der Waals surface area contributed by atoms with Crippen LogP contribution in [0, 0.1) is 0 Å². The molecule has 0 radical (unpaired) electrons. The van der Waals surface area contributed by atoms with Gasteiger partial charge in [-0.2, -0.15) is 0 Å². The zero-order chi connectivity index (χ0) is 14.1. The maximum Gasteiger partial charge on any atom is 0.180 e. The van der Waals surface area contributed by atoms with Crippen LogP contribution in [-0.2, 0) is 0 Å². The van der Waals surface area contributed by atoms with E-state index in [0.29, 0.717) is 32.5 Å². The molecule has 0 bridgehead atoms. The number of anilines is 1. The second kappa shape index (κ2) is 5.11. The molecule has 3 rings (SSSR count). The molecule has 0 aliphatic heterocycles. The summed E-state index contributed by atoms with van der Waals surface area (Å²) in [6.45, 7) is 0. The standard InChI is InChI=1S/C13H8Cl2N4O/c14-8-1-2-9(10(15)3-8)11-12(20-19-13(11)16)7-4-17-6-18-5-7/h1-6H,(H2,16,19). The number of aromatic nitrogens is 3. The van der Waals surface area contributed by atoms with Crippen LogP contribution in [0.25, 0.3) is 22.5 Å². The Hall–Kier alpha value is -2.11.